The average Bonchev–Trinajstić information content (AvgIpc) is 2.75. The molecule has 3 heteroatoms. The molecule has 0 saturated heterocycles. The van der Waals surface area contributed by atoms with Crippen molar-refractivity contribution in [2.24, 2.45) is 0 Å². The first-order chi connectivity index (χ1) is 7.19. The van der Waals surface area contributed by atoms with Gasteiger partial charge in [-0.2, -0.15) is 5.10 Å². The summed E-state index contributed by atoms with van der Waals surface area (Å²) in [4.78, 5) is 2.84. The monoisotopic (exact) mass is 220 g/mol. The summed E-state index contributed by atoms with van der Waals surface area (Å²) in [5.74, 6) is 0. The second kappa shape index (κ2) is 4.19. The molecule has 2 heterocycles. The van der Waals surface area contributed by atoms with Crippen molar-refractivity contribution in [1.82, 2.24) is 9.78 Å². The second-order valence-electron chi connectivity index (χ2n) is 3.81. The predicted molar refractivity (Wildman–Crippen MR) is 64.5 cm³/mol. The SMILES string of the molecule is CCc1ccc(Cn2nc(C)cc2C)s1. The third-order valence-corrected chi connectivity index (χ3v) is 3.69. The molecule has 0 radical (unpaired) electrons. The lowest BCUT2D eigenvalue weighted by atomic mass is 10.3. The van der Waals surface area contributed by atoms with E-state index >= 15 is 0 Å². The van der Waals surface area contributed by atoms with Crippen LogP contribution in [-0.4, -0.2) is 9.78 Å². The molecule has 0 aliphatic heterocycles. The summed E-state index contributed by atoms with van der Waals surface area (Å²) in [5.41, 5.74) is 2.33. The quantitative estimate of drug-likeness (QED) is 0.777. The van der Waals surface area contributed by atoms with Crippen molar-refractivity contribution in [3.05, 3.63) is 39.3 Å². The van der Waals surface area contributed by atoms with E-state index in [4.69, 9.17) is 0 Å². The predicted octanol–water partition coefficient (Wildman–Crippen LogP) is 3.17. The molecule has 0 aromatic carbocycles. The Morgan fingerprint density at radius 1 is 1.27 bits per heavy atom. The topological polar surface area (TPSA) is 17.8 Å². The highest BCUT2D eigenvalue weighted by atomic mass is 32.1. The Balaban J connectivity index is 2.17. The molecule has 0 bridgehead atoms. The van der Waals surface area contributed by atoms with Crippen LogP contribution in [0, 0.1) is 13.8 Å². The van der Waals surface area contributed by atoms with E-state index in [1.54, 1.807) is 0 Å². The van der Waals surface area contributed by atoms with Gasteiger partial charge in [-0.25, -0.2) is 0 Å². The molecule has 2 aromatic rings. The van der Waals surface area contributed by atoms with Crippen LogP contribution in [0.5, 0.6) is 0 Å². The summed E-state index contributed by atoms with van der Waals surface area (Å²) in [6.07, 6.45) is 1.13. The molecule has 2 nitrogen and oxygen atoms in total. The maximum absolute atomic E-state index is 4.46. The number of aromatic nitrogens is 2. The van der Waals surface area contributed by atoms with Gasteiger partial charge in [0.1, 0.15) is 0 Å². The van der Waals surface area contributed by atoms with Gasteiger partial charge in [0.15, 0.2) is 0 Å². The Morgan fingerprint density at radius 2 is 2.00 bits per heavy atom. The maximum atomic E-state index is 4.46. The Morgan fingerprint density at radius 3 is 2.53 bits per heavy atom. The van der Waals surface area contributed by atoms with Crippen LogP contribution in [0.25, 0.3) is 0 Å². The molecule has 0 saturated carbocycles. The van der Waals surface area contributed by atoms with Crippen molar-refractivity contribution in [1.29, 1.82) is 0 Å². The number of hydrogen-bond acceptors (Lipinski definition) is 2. The zero-order valence-corrected chi connectivity index (χ0v) is 10.3. The molecule has 0 fully saturated rings. The summed E-state index contributed by atoms with van der Waals surface area (Å²) < 4.78 is 2.07. The molecule has 0 aliphatic rings. The van der Waals surface area contributed by atoms with Gasteiger partial charge in [-0.1, -0.05) is 6.92 Å². The van der Waals surface area contributed by atoms with Crippen molar-refractivity contribution in [2.45, 2.75) is 33.7 Å². The number of hydrogen-bond donors (Lipinski definition) is 0. The number of thiophene rings is 1. The van der Waals surface area contributed by atoms with Gasteiger partial charge >= 0.3 is 0 Å². The van der Waals surface area contributed by atoms with E-state index in [1.807, 2.05) is 18.3 Å². The molecular weight excluding hydrogens is 204 g/mol. The average molecular weight is 220 g/mol. The summed E-state index contributed by atoms with van der Waals surface area (Å²) >= 11 is 1.88. The normalized spacial score (nSPS) is 10.9. The molecule has 0 atom stereocenters. The van der Waals surface area contributed by atoms with Crippen LogP contribution < -0.4 is 0 Å². The number of aryl methyl sites for hydroxylation is 3. The van der Waals surface area contributed by atoms with Gasteiger partial charge in [0.25, 0.3) is 0 Å². The van der Waals surface area contributed by atoms with E-state index in [1.165, 1.54) is 15.4 Å². The van der Waals surface area contributed by atoms with Crippen molar-refractivity contribution in [3.8, 4) is 0 Å². The van der Waals surface area contributed by atoms with Crippen LogP contribution >= 0.6 is 11.3 Å². The lowest BCUT2D eigenvalue weighted by Crippen LogP contribution is -2.02. The fourth-order valence-corrected chi connectivity index (χ4v) is 2.62. The summed E-state index contributed by atoms with van der Waals surface area (Å²) in [7, 11) is 0. The number of rotatable bonds is 3. The van der Waals surface area contributed by atoms with E-state index in [0.717, 1.165) is 18.7 Å². The van der Waals surface area contributed by atoms with Gasteiger partial charge in [-0.05, 0) is 38.5 Å². The van der Waals surface area contributed by atoms with Crippen LogP contribution in [0.15, 0.2) is 18.2 Å². The lowest BCUT2D eigenvalue weighted by Gasteiger charge is -2.01. The molecule has 2 aromatic heterocycles. The van der Waals surface area contributed by atoms with Gasteiger partial charge in [0.2, 0.25) is 0 Å². The minimum absolute atomic E-state index is 0.907. The maximum Gasteiger partial charge on any atom is 0.0755 e. The van der Waals surface area contributed by atoms with E-state index in [9.17, 15) is 0 Å². The first-order valence-corrected chi connectivity index (χ1v) is 6.09. The molecule has 0 spiro atoms. The van der Waals surface area contributed by atoms with E-state index < -0.39 is 0 Å². The highest BCUT2D eigenvalue weighted by Crippen LogP contribution is 2.18. The standard InChI is InChI=1S/C12H16N2S/c1-4-11-5-6-12(15-11)8-14-10(3)7-9(2)13-14/h5-7H,4,8H2,1-3H3. The lowest BCUT2D eigenvalue weighted by molar-refractivity contribution is 0.666. The third-order valence-electron chi connectivity index (χ3n) is 2.47. The molecule has 0 unspecified atom stereocenters. The molecular formula is C12H16N2S. The van der Waals surface area contributed by atoms with Gasteiger partial charge < -0.3 is 0 Å². The largest absolute Gasteiger partial charge is 0.264 e. The molecule has 0 N–H and O–H groups in total. The highest BCUT2D eigenvalue weighted by Gasteiger charge is 2.03. The fourth-order valence-electron chi connectivity index (χ4n) is 1.68. The molecule has 0 amide bonds. The van der Waals surface area contributed by atoms with E-state index in [0.29, 0.717) is 0 Å². The summed E-state index contributed by atoms with van der Waals surface area (Å²) in [5, 5.41) is 4.46. The minimum Gasteiger partial charge on any atom is -0.264 e. The van der Waals surface area contributed by atoms with Crippen LogP contribution in [0.2, 0.25) is 0 Å². The molecule has 80 valence electrons. The van der Waals surface area contributed by atoms with Gasteiger partial charge in [0, 0.05) is 15.4 Å². The molecule has 2 rings (SSSR count). The zero-order chi connectivity index (χ0) is 10.8. The minimum atomic E-state index is 0.907. The molecule has 15 heavy (non-hydrogen) atoms. The Kier molecular flexibility index (Phi) is 2.91. The summed E-state index contributed by atoms with van der Waals surface area (Å²) in [6, 6.07) is 6.54. The van der Waals surface area contributed by atoms with Crippen molar-refractivity contribution in [3.63, 3.8) is 0 Å². The highest BCUT2D eigenvalue weighted by molar-refractivity contribution is 7.11. The first-order valence-electron chi connectivity index (χ1n) is 5.27. The van der Waals surface area contributed by atoms with Gasteiger partial charge in [-0.15, -0.1) is 11.3 Å². The van der Waals surface area contributed by atoms with Crippen LogP contribution in [0.4, 0.5) is 0 Å². The number of nitrogens with zero attached hydrogens (tertiary/aromatic N) is 2. The summed E-state index contributed by atoms with van der Waals surface area (Å²) in [6.45, 7) is 7.24. The Bertz CT molecular complexity index is 454. The van der Waals surface area contributed by atoms with Crippen molar-refractivity contribution >= 4 is 11.3 Å². The van der Waals surface area contributed by atoms with E-state index in [-0.39, 0.29) is 0 Å². The first kappa shape index (κ1) is 10.4. The van der Waals surface area contributed by atoms with Gasteiger partial charge in [0.05, 0.1) is 12.2 Å². The zero-order valence-electron chi connectivity index (χ0n) is 9.45. The molecule has 0 aliphatic carbocycles. The second-order valence-corrected chi connectivity index (χ2v) is 5.06. The fraction of sp³-hybridized carbons (Fsp3) is 0.417. The van der Waals surface area contributed by atoms with Crippen LogP contribution in [0.3, 0.4) is 0 Å². The van der Waals surface area contributed by atoms with Crippen LogP contribution in [-0.2, 0) is 13.0 Å². The Labute approximate surface area is 94.6 Å². The smallest absolute Gasteiger partial charge is 0.0755 e. The van der Waals surface area contributed by atoms with Crippen LogP contribution in [0.1, 0.15) is 28.1 Å². The van der Waals surface area contributed by atoms with E-state index in [2.05, 4.69) is 41.8 Å². The Hall–Kier alpha value is -1.09. The van der Waals surface area contributed by atoms with Crippen molar-refractivity contribution < 1.29 is 0 Å². The van der Waals surface area contributed by atoms with Gasteiger partial charge in [-0.3, -0.25) is 4.68 Å². The third kappa shape index (κ3) is 2.29. The van der Waals surface area contributed by atoms with Crippen molar-refractivity contribution in [2.75, 3.05) is 0 Å².